The number of alkyl halides is 4. The molecule has 5 rings (SSSR count). The summed E-state index contributed by atoms with van der Waals surface area (Å²) in [6, 6.07) is 2.91. The van der Waals surface area contributed by atoms with Crippen LogP contribution >= 0.6 is 0 Å². The molecule has 1 saturated carbocycles. The summed E-state index contributed by atoms with van der Waals surface area (Å²) in [6.07, 6.45) is -5.95. The van der Waals surface area contributed by atoms with Crippen LogP contribution in [0.2, 0.25) is 0 Å². The molecule has 1 aliphatic heterocycles. The zero-order valence-corrected chi connectivity index (χ0v) is 19.2. The minimum Gasteiger partial charge on any atom is -0.441 e. The summed E-state index contributed by atoms with van der Waals surface area (Å²) < 4.78 is 68.1. The van der Waals surface area contributed by atoms with Gasteiger partial charge in [0.1, 0.15) is 18.2 Å². The van der Waals surface area contributed by atoms with E-state index in [1.54, 1.807) is 13.1 Å². The van der Waals surface area contributed by atoms with E-state index in [-0.39, 0.29) is 29.5 Å². The summed E-state index contributed by atoms with van der Waals surface area (Å²) in [4.78, 5) is 16.4. The van der Waals surface area contributed by atoms with Gasteiger partial charge >= 0.3 is 12.5 Å². The maximum atomic E-state index is 15.0. The average molecular weight is 513 g/mol. The van der Waals surface area contributed by atoms with Gasteiger partial charge in [-0.25, -0.2) is 18.7 Å². The average Bonchev–Trinajstić information content (AvgIpc) is 3.12. The van der Waals surface area contributed by atoms with Crippen LogP contribution in [0.15, 0.2) is 18.3 Å². The SMILES string of the molecule is Cc1cn2nc(COC(F)(F)F)cc2c(Nc2cc([C@H]3OC[C@@H](OC(=O)NC4(C)CC4)[C@@H]3F)[nH]n2)n1. The highest BCUT2D eigenvalue weighted by Crippen LogP contribution is 2.36. The summed E-state index contributed by atoms with van der Waals surface area (Å²) in [5.41, 5.74) is 0.990. The number of alkyl carbamates (subject to hydrolysis) is 1. The molecule has 0 radical (unpaired) electrons. The van der Waals surface area contributed by atoms with Crippen molar-refractivity contribution in [1.29, 1.82) is 0 Å². The molecule has 3 N–H and O–H groups in total. The Hall–Kier alpha value is -3.46. The molecule has 1 aliphatic carbocycles. The first-order chi connectivity index (χ1) is 17.0. The molecule has 11 nitrogen and oxygen atoms in total. The molecule has 3 atom stereocenters. The molecule has 0 aromatic carbocycles. The van der Waals surface area contributed by atoms with E-state index in [2.05, 4.69) is 35.7 Å². The second-order valence-electron chi connectivity index (χ2n) is 9.09. The van der Waals surface area contributed by atoms with Gasteiger partial charge in [-0.3, -0.25) is 9.84 Å². The molecular formula is C21H23F4N7O4. The van der Waals surface area contributed by atoms with E-state index >= 15 is 0 Å². The Morgan fingerprint density at radius 2 is 2.14 bits per heavy atom. The van der Waals surface area contributed by atoms with Gasteiger partial charge < -0.3 is 20.1 Å². The number of amides is 1. The van der Waals surface area contributed by atoms with E-state index in [1.807, 2.05) is 6.92 Å². The van der Waals surface area contributed by atoms with Crippen LogP contribution in [0.1, 0.15) is 43.0 Å². The number of halogens is 4. The van der Waals surface area contributed by atoms with Crippen molar-refractivity contribution in [2.24, 2.45) is 0 Å². The standard InChI is InChI=1S/C21H23F4N7O4/c1-10-7-32-13(5-11(31-32)8-35-21(23,24)25)18(26-10)27-15-6-12(29-30-15)17-16(22)14(9-34-17)36-19(33)28-20(2)3-4-20/h5-7,14,16-17H,3-4,8-9H2,1-2H3,(H,28,33)(H2,26,27,29,30)/t14-,16+,17-/m1/s1. The Balaban J connectivity index is 1.26. The summed E-state index contributed by atoms with van der Waals surface area (Å²) in [7, 11) is 0. The number of rotatable bonds is 7. The van der Waals surface area contributed by atoms with Crippen LogP contribution in [0.3, 0.4) is 0 Å². The van der Waals surface area contributed by atoms with Gasteiger partial charge in [0, 0.05) is 11.6 Å². The van der Waals surface area contributed by atoms with Gasteiger partial charge in [0.25, 0.3) is 0 Å². The number of carbonyl (C=O) groups excluding carboxylic acids is 1. The van der Waals surface area contributed by atoms with Gasteiger partial charge in [0.2, 0.25) is 0 Å². The molecule has 1 saturated heterocycles. The van der Waals surface area contributed by atoms with Crippen LogP contribution in [-0.4, -0.2) is 61.7 Å². The van der Waals surface area contributed by atoms with Gasteiger partial charge in [-0.05, 0) is 32.8 Å². The highest BCUT2D eigenvalue weighted by Gasteiger charge is 2.44. The van der Waals surface area contributed by atoms with Crippen LogP contribution in [-0.2, 0) is 20.8 Å². The van der Waals surface area contributed by atoms with Crippen LogP contribution < -0.4 is 10.6 Å². The molecule has 3 aromatic rings. The maximum Gasteiger partial charge on any atom is 0.522 e. The number of aromatic amines is 1. The Bertz CT molecular complexity index is 1270. The van der Waals surface area contributed by atoms with Gasteiger partial charge in [-0.2, -0.15) is 10.2 Å². The number of ether oxygens (including phenoxy) is 3. The highest BCUT2D eigenvalue weighted by molar-refractivity contribution is 5.72. The van der Waals surface area contributed by atoms with Crippen molar-refractivity contribution in [3.05, 3.63) is 35.4 Å². The lowest BCUT2D eigenvalue weighted by Gasteiger charge is -2.17. The third kappa shape index (κ3) is 5.36. The first-order valence-electron chi connectivity index (χ1n) is 11.1. The van der Waals surface area contributed by atoms with E-state index in [9.17, 15) is 22.4 Å². The molecule has 194 valence electrons. The fourth-order valence-electron chi connectivity index (χ4n) is 3.81. The third-order valence-corrected chi connectivity index (χ3v) is 5.91. The van der Waals surface area contributed by atoms with Gasteiger partial charge in [0.15, 0.2) is 23.9 Å². The lowest BCUT2D eigenvalue weighted by atomic mass is 10.1. The fraction of sp³-hybridized carbons (Fsp3) is 0.524. The number of nitrogens with zero attached hydrogens (tertiary/aromatic N) is 4. The zero-order valence-electron chi connectivity index (χ0n) is 19.2. The van der Waals surface area contributed by atoms with Gasteiger partial charge in [-0.1, -0.05) is 0 Å². The molecular weight excluding hydrogens is 490 g/mol. The van der Waals surface area contributed by atoms with E-state index in [0.29, 0.717) is 16.9 Å². The predicted octanol–water partition coefficient (Wildman–Crippen LogP) is 3.60. The van der Waals surface area contributed by atoms with Crippen molar-refractivity contribution in [2.45, 2.75) is 63.6 Å². The Morgan fingerprint density at radius 1 is 1.36 bits per heavy atom. The Kier molecular flexibility index (Phi) is 5.98. The van der Waals surface area contributed by atoms with Gasteiger partial charge in [0.05, 0.1) is 29.9 Å². The van der Waals surface area contributed by atoms with E-state index in [0.717, 1.165) is 12.8 Å². The summed E-state index contributed by atoms with van der Waals surface area (Å²) in [5, 5.41) is 16.5. The molecule has 0 bridgehead atoms. The number of aryl methyl sites for hydroxylation is 1. The molecule has 1 amide bonds. The van der Waals surface area contributed by atoms with Crippen molar-refractivity contribution in [2.75, 3.05) is 11.9 Å². The summed E-state index contributed by atoms with van der Waals surface area (Å²) in [6.45, 7) is 2.70. The number of H-pyrrole nitrogens is 1. The van der Waals surface area contributed by atoms with Crippen molar-refractivity contribution < 1.29 is 36.6 Å². The van der Waals surface area contributed by atoms with Crippen molar-refractivity contribution >= 4 is 23.2 Å². The van der Waals surface area contributed by atoms with E-state index in [4.69, 9.17) is 9.47 Å². The monoisotopic (exact) mass is 513 g/mol. The minimum absolute atomic E-state index is 0.0517. The van der Waals surface area contributed by atoms with Crippen LogP contribution in [0.5, 0.6) is 0 Å². The lowest BCUT2D eigenvalue weighted by molar-refractivity contribution is -0.330. The quantitative estimate of drug-likeness (QED) is 0.409. The second-order valence-corrected chi connectivity index (χ2v) is 9.09. The number of hydrogen-bond acceptors (Lipinski definition) is 8. The summed E-state index contributed by atoms with van der Waals surface area (Å²) >= 11 is 0. The predicted molar refractivity (Wildman–Crippen MR) is 115 cm³/mol. The smallest absolute Gasteiger partial charge is 0.441 e. The number of carbonyl (C=O) groups is 1. The first kappa shape index (κ1) is 24.2. The number of hydrogen-bond donors (Lipinski definition) is 3. The number of anilines is 2. The highest BCUT2D eigenvalue weighted by atomic mass is 19.4. The molecule has 2 fully saturated rings. The number of aromatic nitrogens is 5. The minimum atomic E-state index is -4.78. The molecule has 4 heterocycles. The maximum absolute atomic E-state index is 15.0. The van der Waals surface area contributed by atoms with Gasteiger partial charge in [-0.15, -0.1) is 13.2 Å². The van der Waals surface area contributed by atoms with Crippen molar-refractivity contribution in [3.63, 3.8) is 0 Å². The number of nitrogens with one attached hydrogen (secondary N) is 3. The Morgan fingerprint density at radius 3 is 2.86 bits per heavy atom. The Labute approximate surface area is 201 Å². The third-order valence-electron chi connectivity index (χ3n) is 5.91. The first-order valence-corrected chi connectivity index (χ1v) is 11.1. The van der Waals surface area contributed by atoms with E-state index < -0.39 is 37.4 Å². The molecule has 2 aliphatic rings. The molecule has 0 spiro atoms. The molecule has 36 heavy (non-hydrogen) atoms. The van der Waals surface area contributed by atoms with E-state index in [1.165, 1.54) is 16.6 Å². The zero-order chi connectivity index (χ0) is 25.7. The van der Waals surface area contributed by atoms with Crippen molar-refractivity contribution in [1.82, 2.24) is 30.1 Å². The van der Waals surface area contributed by atoms with Crippen LogP contribution in [0.4, 0.5) is 34.0 Å². The number of fused-ring (bicyclic) bond motifs is 1. The summed E-state index contributed by atoms with van der Waals surface area (Å²) in [5.74, 6) is 0.535. The molecule has 0 unspecified atom stereocenters. The topological polar surface area (TPSA) is 128 Å². The molecule has 3 aromatic heterocycles. The lowest BCUT2D eigenvalue weighted by Crippen LogP contribution is -2.39. The normalized spacial score (nSPS) is 23.1. The van der Waals surface area contributed by atoms with Crippen molar-refractivity contribution in [3.8, 4) is 0 Å². The van der Waals surface area contributed by atoms with Crippen LogP contribution in [0.25, 0.3) is 5.52 Å². The largest absolute Gasteiger partial charge is 0.522 e. The fourth-order valence-corrected chi connectivity index (χ4v) is 3.81. The van der Waals surface area contributed by atoms with Crippen LogP contribution in [0, 0.1) is 6.92 Å². The molecule has 15 heteroatoms. The second kappa shape index (κ2) is 8.89.